The smallest absolute Gasteiger partial charge is 0.187 e. The first kappa shape index (κ1) is 14.6. The third-order valence-corrected chi connectivity index (χ3v) is 3.66. The molecule has 1 heterocycles. The Labute approximate surface area is 126 Å². The van der Waals surface area contributed by atoms with Gasteiger partial charge in [0.1, 0.15) is 5.82 Å². The predicted octanol–water partition coefficient (Wildman–Crippen LogP) is 3.19. The van der Waals surface area contributed by atoms with Gasteiger partial charge in [-0.25, -0.2) is 4.39 Å². The summed E-state index contributed by atoms with van der Waals surface area (Å²) in [5, 5.41) is 7.48. The minimum absolute atomic E-state index is 0.245. The van der Waals surface area contributed by atoms with Crippen LogP contribution in [0, 0.1) is 12.7 Å². The zero-order chi connectivity index (χ0) is 14.4. The normalized spacial score (nSPS) is 10.7. The number of nitrogens with zero attached hydrogens (tertiary/aromatic N) is 1. The van der Waals surface area contributed by atoms with Crippen LogP contribution < -0.4 is 10.7 Å². The van der Waals surface area contributed by atoms with E-state index < -0.39 is 0 Å². The number of hydrazone groups is 1. The molecule has 0 saturated heterocycles. The van der Waals surface area contributed by atoms with Crippen molar-refractivity contribution in [1.29, 1.82) is 0 Å². The average molecular weight is 307 g/mol. The van der Waals surface area contributed by atoms with Gasteiger partial charge in [-0.15, -0.1) is 11.3 Å². The molecule has 0 aliphatic carbocycles. The van der Waals surface area contributed by atoms with Crippen molar-refractivity contribution in [1.82, 2.24) is 10.7 Å². The van der Waals surface area contributed by atoms with E-state index in [2.05, 4.69) is 15.8 Å². The van der Waals surface area contributed by atoms with E-state index in [1.54, 1.807) is 29.7 Å². The number of rotatable bonds is 4. The highest BCUT2D eigenvalue weighted by atomic mass is 32.1. The van der Waals surface area contributed by atoms with Crippen LogP contribution in [0.25, 0.3) is 0 Å². The maximum Gasteiger partial charge on any atom is 0.187 e. The zero-order valence-corrected chi connectivity index (χ0v) is 12.5. The van der Waals surface area contributed by atoms with Crippen molar-refractivity contribution in [2.45, 2.75) is 13.5 Å². The number of halogens is 1. The third-order valence-electron chi connectivity index (χ3n) is 2.49. The molecule has 0 bridgehead atoms. The second kappa shape index (κ2) is 7.12. The molecule has 0 unspecified atom stereocenters. The first-order chi connectivity index (χ1) is 9.63. The second-order valence-electron chi connectivity index (χ2n) is 4.13. The van der Waals surface area contributed by atoms with E-state index in [9.17, 15) is 4.39 Å². The van der Waals surface area contributed by atoms with Crippen LogP contribution in [0.15, 0.2) is 41.5 Å². The summed E-state index contributed by atoms with van der Waals surface area (Å²) in [5.41, 5.74) is 3.70. The van der Waals surface area contributed by atoms with Gasteiger partial charge in [0.15, 0.2) is 5.11 Å². The van der Waals surface area contributed by atoms with Gasteiger partial charge in [0.25, 0.3) is 0 Å². The van der Waals surface area contributed by atoms with E-state index in [-0.39, 0.29) is 5.82 Å². The highest BCUT2D eigenvalue weighted by Gasteiger charge is 1.96. The van der Waals surface area contributed by atoms with E-state index in [1.165, 1.54) is 17.0 Å². The van der Waals surface area contributed by atoms with E-state index >= 15 is 0 Å². The summed E-state index contributed by atoms with van der Waals surface area (Å²) in [6.45, 7) is 2.57. The van der Waals surface area contributed by atoms with Crippen LogP contribution in [-0.4, -0.2) is 11.3 Å². The van der Waals surface area contributed by atoms with Gasteiger partial charge in [0.2, 0.25) is 0 Å². The fraction of sp³-hybridized carbons (Fsp3) is 0.143. The first-order valence-electron chi connectivity index (χ1n) is 6.01. The summed E-state index contributed by atoms with van der Waals surface area (Å²) in [6, 6.07) is 10.3. The Kier molecular flexibility index (Phi) is 5.20. The largest absolute Gasteiger partial charge is 0.357 e. The standard InChI is InChI=1S/C14H14FN3S2/c1-10-2-7-13(20-10)9-17-18-14(19)16-8-11-3-5-12(15)6-4-11/h2-7,9H,8H2,1H3,(H2,16,18,19)/b17-9-. The van der Waals surface area contributed by atoms with Crippen molar-refractivity contribution < 1.29 is 4.39 Å². The van der Waals surface area contributed by atoms with Crippen molar-refractivity contribution >= 4 is 34.9 Å². The van der Waals surface area contributed by atoms with Crippen LogP contribution in [-0.2, 0) is 6.54 Å². The number of hydrogen-bond acceptors (Lipinski definition) is 3. The molecule has 0 atom stereocenters. The van der Waals surface area contributed by atoms with Gasteiger partial charge in [-0.1, -0.05) is 12.1 Å². The summed E-state index contributed by atoms with van der Waals surface area (Å²) >= 11 is 6.76. The number of thiophene rings is 1. The first-order valence-corrected chi connectivity index (χ1v) is 7.24. The van der Waals surface area contributed by atoms with Gasteiger partial charge in [-0.3, -0.25) is 5.43 Å². The van der Waals surface area contributed by atoms with E-state index in [4.69, 9.17) is 12.2 Å². The average Bonchev–Trinajstić information content (AvgIpc) is 2.84. The molecule has 1 aromatic carbocycles. The maximum atomic E-state index is 12.7. The van der Waals surface area contributed by atoms with Gasteiger partial charge in [-0.2, -0.15) is 5.10 Å². The molecule has 3 nitrogen and oxygen atoms in total. The Morgan fingerprint density at radius 2 is 2.05 bits per heavy atom. The van der Waals surface area contributed by atoms with Crippen molar-refractivity contribution in [3.8, 4) is 0 Å². The van der Waals surface area contributed by atoms with Gasteiger partial charge in [0, 0.05) is 16.3 Å². The molecule has 0 radical (unpaired) electrons. The Morgan fingerprint density at radius 3 is 2.70 bits per heavy atom. The minimum atomic E-state index is -0.245. The predicted molar refractivity (Wildman–Crippen MR) is 85.6 cm³/mol. The SMILES string of the molecule is Cc1ccc(/C=N\NC(=S)NCc2ccc(F)cc2)s1. The molecule has 20 heavy (non-hydrogen) atoms. The van der Waals surface area contributed by atoms with Crippen LogP contribution in [0.1, 0.15) is 15.3 Å². The molecule has 6 heteroatoms. The molecule has 0 aliphatic rings. The number of benzene rings is 1. The monoisotopic (exact) mass is 307 g/mol. The third kappa shape index (κ3) is 4.71. The Morgan fingerprint density at radius 1 is 1.30 bits per heavy atom. The Balaban J connectivity index is 1.75. The molecular weight excluding hydrogens is 293 g/mol. The molecule has 1 aromatic heterocycles. The topological polar surface area (TPSA) is 36.4 Å². The van der Waals surface area contributed by atoms with Crippen molar-refractivity contribution in [3.05, 3.63) is 57.5 Å². The Hall–Kier alpha value is -1.79. The lowest BCUT2D eigenvalue weighted by atomic mass is 10.2. The molecule has 0 aliphatic heterocycles. The lowest BCUT2D eigenvalue weighted by Gasteiger charge is -2.06. The molecule has 2 aromatic rings. The van der Waals surface area contributed by atoms with E-state index in [0.717, 1.165) is 10.4 Å². The van der Waals surface area contributed by atoms with Crippen LogP contribution in [0.5, 0.6) is 0 Å². The lowest BCUT2D eigenvalue weighted by molar-refractivity contribution is 0.626. The lowest BCUT2D eigenvalue weighted by Crippen LogP contribution is -2.31. The number of nitrogens with one attached hydrogen (secondary N) is 2. The van der Waals surface area contributed by atoms with Crippen molar-refractivity contribution in [3.63, 3.8) is 0 Å². The highest BCUT2D eigenvalue weighted by Crippen LogP contribution is 2.12. The van der Waals surface area contributed by atoms with Crippen LogP contribution in [0.2, 0.25) is 0 Å². The summed E-state index contributed by atoms with van der Waals surface area (Å²) in [4.78, 5) is 2.31. The summed E-state index contributed by atoms with van der Waals surface area (Å²) in [5.74, 6) is -0.245. The van der Waals surface area contributed by atoms with Crippen LogP contribution >= 0.6 is 23.6 Å². The van der Waals surface area contributed by atoms with Gasteiger partial charge >= 0.3 is 0 Å². The van der Waals surface area contributed by atoms with E-state index in [1.807, 2.05) is 19.1 Å². The number of hydrogen-bond donors (Lipinski definition) is 2. The molecule has 104 valence electrons. The molecule has 0 spiro atoms. The van der Waals surface area contributed by atoms with Crippen LogP contribution in [0.3, 0.4) is 0 Å². The van der Waals surface area contributed by atoms with Gasteiger partial charge in [-0.05, 0) is 49.0 Å². The fourth-order valence-corrected chi connectivity index (χ4v) is 2.38. The van der Waals surface area contributed by atoms with Crippen molar-refractivity contribution in [2.24, 2.45) is 5.10 Å². The van der Waals surface area contributed by atoms with Crippen molar-refractivity contribution in [2.75, 3.05) is 0 Å². The Bertz CT molecular complexity index is 605. The summed E-state index contributed by atoms with van der Waals surface area (Å²) in [6.07, 6.45) is 1.73. The van der Waals surface area contributed by atoms with Crippen LogP contribution in [0.4, 0.5) is 4.39 Å². The fourth-order valence-electron chi connectivity index (χ4n) is 1.50. The molecule has 0 fully saturated rings. The summed E-state index contributed by atoms with van der Waals surface area (Å²) < 4.78 is 12.7. The quantitative estimate of drug-likeness (QED) is 0.517. The van der Waals surface area contributed by atoms with E-state index in [0.29, 0.717) is 11.7 Å². The molecule has 0 amide bonds. The molecule has 2 N–H and O–H groups in total. The number of aryl methyl sites for hydroxylation is 1. The second-order valence-corrected chi connectivity index (χ2v) is 5.86. The van der Waals surface area contributed by atoms with Gasteiger partial charge < -0.3 is 5.32 Å². The zero-order valence-electron chi connectivity index (χ0n) is 10.9. The maximum absolute atomic E-state index is 12.7. The molecule has 2 rings (SSSR count). The molecule has 0 saturated carbocycles. The van der Waals surface area contributed by atoms with Gasteiger partial charge in [0.05, 0.1) is 6.21 Å². The summed E-state index contributed by atoms with van der Waals surface area (Å²) in [7, 11) is 0. The highest BCUT2D eigenvalue weighted by molar-refractivity contribution is 7.80. The number of thiocarbonyl (C=S) groups is 1. The minimum Gasteiger partial charge on any atom is -0.357 e. The molecular formula is C14H14FN3S2.